The van der Waals surface area contributed by atoms with E-state index in [0.29, 0.717) is 0 Å². The average molecular weight is 259 g/mol. The van der Waals surface area contributed by atoms with E-state index >= 15 is 0 Å². The second-order valence-corrected chi connectivity index (χ2v) is 1.20. The van der Waals surface area contributed by atoms with Gasteiger partial charge >= 0.3 is 6.29 Å². The summed E-state index contributed by atoms with van der Waals surface area (Å²) in [5, 5.41) is 28.5. The first kappa shape index (κ1) is 12.6. The number of nitro groups is 3. The summed E-state index contributed by atoms with van der Waals surface area (Å²) < 4.78 is 0. The standard InChI is InChI=1S/CHN3O6.Ag/c5-2(6)1(3(7)8)4(9)10;/h1H;. The minimum absolute atomic E-state index is 0. The molecule has 0 bridgehead atoms. The third-order valence-corrected chi connectivity index (χ3v) is 0.566. The molecule has 0 saturated heterocycles. The van der Waals surface area contributed by atoms with Crippen molar-refractivity contribution in [3.8, 4) is 0 Å². The Hall–Kier alpha value is -1.06. The van der Waals surface area contributed by atoms with Gasteiger partial charge in [0.2, 0.25) is 0 Å². The molecule has 0 fully saturated rings. The smallest absolute Gasteiger partial charge is 0.253 e. The molecule has 0 saturated carbocycles. The molecule has 0 N–H and O–H groups in total. The summed E-state index contributed by atoms with van der Waals surface area (Å²) in [6.07, 6.45) is -2.94. The van der Waals surface area contributed by atoms with Crippen LogP contribution in [0.25, 0.3) is 0 Å². The van der Waals surface area contributed by atoms with Gasteiger partial charge in [0.25, 0.3) is 0 Å². The van der Waals surface area contributed by atoms with Crippen molar-refractivity contribution in [2.24, 2.45) is 0 Å². The van der Waals surface area contributed by atoms with Crippen LogP contribution in [0.3, 0.4) is 0 Å². The molecule has 0 aliphatic rings. The van der Waals surface area contributed by atoms with Gasteiger partial charge < -0.3 is 0 Å². The molecule has 0 aliphatic heterocycles. The molecule has 0 aromatic rings. The van der Waals surface area contributed by atoms with Gasteiger partial charge in [-0.3, -0.25) is 30.3 Å². The Morgan fingerprint density at radius 1 is 0.818 bits per heavy atom. The van der Waals surface area contributed by atoms with Crippen LogP contribution in [-0.2, 0) is 22.4 Å². The summed E-state index contributed by atoms with van der Waals surface area (Å²) in [5.41, 5.74) is 0. The van der Waals surface area contributed by atoms with Gasteiger partial charge in [0.05, 0.1) is 0 Å². The van der Waals surface area contributed by atoms with Crippen molar-refractivity contribution in [2.45, 2.75) is 6.29 Å². The number of rotatable bonds is 3. The van der Waals surface area contributed by atoms with E-state index in [9.17, 15) is 30.3 Å². The van der Waals surface area contributed by atoms with Gasteiger partial charge in [-0.2, -0.15) is 0 Å². The van der Waals surface area contributed by atoms with Gasteiger partial charge in [0, 0.05) is 22.4 Å². The van der Waals surface area contributed by atoms with Crippen LogP contribution >= 0.6 is 0 Å². The van der Waals surface area contributed by atoms with E-state index in [1.807, 2.05) is 0 Å². The minimum Gasteiger partial charge on any atom is -0.253 e. The van der Waals surface area contributed by atoms with E-state index in [2.05, 4.69) is 0 Å². The molecule has 0 unspecified atom stereocenters. The Morgan fingerprint density at radius 3 is 1.00 bits per heavy atom. The monoisotopic (exact) mass is 258 g/mol. The molecule has 0 amide bonds. The van der Waals surface area contributed by atoms with Crippen LogP contribution in [0, 0.1) is 30.3 Å². The molecule has 0 heterocycles. The van der Waals surface area contributed by atoms with Gasteiger partial charge in [-0.05, 0) is 0 Å². The van der Waals surface area contributed by atoms with Crippen LogP contribution in [0.1, 0.15) is 0 Å². The third kappa shape index (κ3) is 3.60. The van der Waals surface area contributed by atoms with E-state index in [4.69, 9.17) is 0 Å². The van der Waals surface area contributed by atoms with Gasteiger partial charge in [-0.15, -0.1) is 0 Å². The summed E-state index contributed by atoms with van der Waals surface area (Å²) in [4.78, 5) is 23.8. The summed E-state index contributed by atoms with van der Waals surface area (Å²) >= 11 is 0. The molecular formula is CHAgN3O6. The normalized spacial score (nSPS) is 8.45. The summed E-state index contributed by atoms with van der Waals surface area (Å²) in [7, 11) is 0. The van der Waals surface area contributed by atoms with E-state index in [0.717, 1.165) is 0 Å². The first-order valence-corrected chi connectivity index (χ1v) is 1.87. The zero-order valence-electron chi connectivity index (χ0n) is 4.67. The van der Waals surface area contributed by atoms with Gasteiger partial charge in [-0.1, -0.05) is 0 Å². The Balaban J connectivity index is 0. The third-order valence-electron chi connectivity index (χ3n) is 0.566. The second-order valence-electron chi connectivity index (χ2n) is 1.20. The maximum Gasteiger partial charge on any atom is 0.693 e. The summed E-state index contributed by atoms with van der Waals surface area (Å²) in [5.74, 6) is 0. The van der Waals surface area contributed by atoms with Gasteiger partial charge in [0.15, 0.2) is 14.8 Å². The van der Waals surface area contributed by atoms with E-state index in [-0.39, 0.29) is 22.4 Å². The van der Waals surface area contributed by atoms with Crippen LogP contribution in [0.5, 0.6) is 0 Å². The molecular weight excluding hydrogens is 258 g/mol. The summed E-state index contributed by atoms with van der Waals surface area (Å²) in [6.45, 7) is 0. The molecule has 0 aromatic carbocycles. The molecule has 67 valence electrons. The predicted molar refractivity (Wildman–Crippen MR) is 24.8 cm³/mol. The Morgan fingerprint density at radius 2 is 1.00 bits per heavy atom. The zero-order chi connectivity index (χ0) is 8.31. The number of nitrogens with zero attached hydrogens (tertiary/aromatic N) is 3. The Bertz CT molecular complexity index is 157. The molecule has 0 aromatic heterocycles. The van der Waals surface area contributed by atoms with Crippen molar-refractivity contribution < 1.29 is 37.2 Å². The van der Waals surface area contributed by atoms with Crippen LogP contribution in [-0.4, -0.2) is 21.1 Å². The van der Waals surface area contributed by atoms with E-state index in [1.54, 1.807) is 0 Å². The molecule has 11 heavy (non-hydrogen) atoms. The largest absolute Gasteiger partial charge is 0.693 e. The number of hydrogen-bond acceptors (Lipinski definition) is 6. The van der Waals surface area contributed by atoms with Crippen molar-refractivity contribution in [2.75, 3.05) is 0 Å². The van der Waals surface area contributed by atoms with Crippen molar-refractivity contribution >= 4 is 0 Å². The molecule has 0 atom stereocenters. The molecule has 0 rings (SSSR count). The molecule has 10 heteroatoms. The maximum atomic E-state index is 9.50. The van der Waals surface area contributed by atoms with Crippen LogP contribution in [0.4, 0.5) is 0 Å². The van der Waals surface area contributed by atoms with Crippen LogP contribution in [0.15, 0.2) is 0 Å². The van der Waals surface area contributed by atoms with Crippen molar-refractivity contribution in [1.29, 1.82) is 0 Å². The van der Waals surface area contributed by atoms with Crippen molar-refractivity contribution in [3.63, 3.8) is 0 Å². The first-order chi connectivity index (χ1) is 4.46. The molecule has 9 nitrogen and oxygen atoms in total. The minimum atomic E-state index is -2.94. The van der Waals surface area contributed by atoms with Crippen LogP contribution in [0.2, 0.25) is 0 Å². The van der Waals surface area contributed by atoms with Gasteiger partial charge in [-0.25, -0.2) is 0 Å². The van der Waals surface area contributed by atoms with E-state index < -0.39 is 21.1 Å². The molecule has 1 radical (unpaired) electrons. The maximum absolute atomic E-state index is 9.50. The fourth-order valence-corrected chi connectivity index (χ4v) is 0.231. The number of hydrogen-bond donors (Lipinski definition) is 0. The zero-order valence-corrected chi connectivity index (χ0v) is 6.15. The Kier molecular flexibility index (Phi) is 5.40. The molecule has 0 aliphatic carbocycles. The van der Waals surface area contributed by atoms with Gasteiger partial charge in [0.1, 0.15) is 0 Å². The van der Waals surface area contributed by atoms with Crippen LogP contribution < -0.4 is 0 Å². The second kappa shape index (κ2) is 4.71. The summed E-state index contributed by atoms with van der Waals surface area (Å²) in [6, 6.07) is 0. The average Bonchev–Trinajstić information content (AvgIpc) is 1.59. The fourth-order valence-electron chi connectivity index (χ4n) is 0.231. The van der Waals surface area contributed by atoms with Crippen molar-refractivity contribution in [1.82, 2.24) is 0 Å². The van der Waals surface area contributed by atoms with Crippen molar-refractivity contribution in [3.05, 3.63) is 30.3 Å². The fraction of sp³-hybridized carbons (Fsp3) is 1.00. The predicted octanol–water partition coefficient (Wildman–Crippen LogP) is -0.902. The SMILES string of the molecule is O=[N+]([O-])C([N+](=O)[O-])[N+](=O)[O-].[Ag]. The topological polar surface area (TPSA) is 129 Å². The Labute approximate surface area is 74.3 Å². The first-order valence-electron chi connectivity index (χ1n) is 1.87. The quantitative estimate of drug-likeness (QED) is 0.279. The van der Waals surface area contributed by atoms with E-state index in [1.165, 1.54) is 0 Å². The molecule has 0 spiro atoms.